The molecule has 0 bridgehead atoms. The third kappa shape index (κ3) is 3.16. The molecule has 6 nitrogen and oxygen atoms in total. The first kappa shape index (κ1) is 13.9. The van der Waals surface area contributed by atoms with Gasteiger partial charge in [0.05, 0.1) is 12.6 Å². The van der Waals surface area contributed by atoms with Gasteiger partial charge in [-0.15, -0.1) is 0 Å². The molecule has 21 heavy (non-hydrogen) atoms. The van der Waals surface area contributed by atoms with E-state index in [9.17, 15) is 9.59 Å². The van der Waals surface area contributed by atoms with Crippen molar-refractivity contribution in [2.45, 2.75) is 12.6 Å². The predicted octanol–water partition coefficient (Wildman–Crippen LogP) is 0.439. The van der Waals surface area contributed by atoms with Crippen molar-refractivity contribution in [3.63, 3.8) is 0 Å². The first-order chi connectivity index (χ1) is 10.2. The van der Waals surface area contributed by atoms with Crippen LogP contribution in [0.1, 0.15) is 5.56 Å². The van der Waals surface area contributed by atoms with Crippen LogP contribution in [0.5, 0.6) is 0 Å². The molecule has 2 aliphatic rings. The van der Waals surface area contributed by atoms with Crippen molar-refractivity contribution in [1.29, 1.82) is 0 Å². The van der Waals surface area contributed by atoms with Gasteiger partial charge in [0.1, 0.15) is 6.61 Å². The molecule has 1 aromatic carbocycles. The Labute approximate surface area is 123 Å². The van der Waals surface area contributed by atoms with Crippen LogP contribution in [-0.2, 0) is 16.1 Å². The van der Waals surface area contributed by atoms with Crippen LogP contribution in [0.15, 0.2) is 30.3 Å². The van der Waals surface area contributed by atoms with Crippen LogP contribution in [0.2, 0.25) is 0 Å². The number of nitrogens with zero attached hydrogens (tertiary/aromatic N) is 2. The molecule has 3 rings (SSSR count). The Hall–Kier alpha value is -2.08. The number of nitrogens with one attached hydrogen (secondary N) is 1. The lowest BCUT2D eigenvalue weighted by Crippen LogP contribution is -2.65. The zero-order valence-electron chi connectivity index (χ0n) is 11.8. The predicted molar refractivity (Wildman–Crippen MR) is 76.6 cm³/mol. The van der Waals surface area contributed by atoms with E-state index < -0.39 is 0 Å². The van der Waals surface area contributed by atoms with Gasteiger partial charge in [-0.25, -0.2) is 4.79 Å². The lowest BCUT2D eigenvalue weighted by molar-refractivity contribution is -0.137. The summed E-state index contributed by atoms with van der Waals surface area (Å²) in [5.74, 6) is 0.114. The van der Waals surface area contributed by atoms with Crippen molar-refractivity contribution in [1.82, 2.24) is 15.1 Å². The molecule has 2 heterocycles. The number of ether oxygens (including phenoxy) is 1. The highest BCUT2D eigenvalue weighted by Gasteiger charge is 2.38. The zero-order valence-corrected chi connectivity index (χ0v) is 11.8. The van der Waals surface area contributed by atoms with Gasteiger partial charge < -0.3 is 19.9 Å². The molecule has 0 saturated carbocycles. The van der Waals surface area contributed by atoms with Gasteiger partial charge in [0.15, 0.2) is 0 Å². The van der Waals surface area contributed by atoms with E-state index in [1.165, 1.54) is 0 Å². The Balaban J connectivity index is 1.43. The van der Waals surface area contributed by atoms with Gasteiger partial charge >= 0.3 is 6.09 Å². The summed E-state index contributed by atoms with van der Waals surface area (Å²) >= 11 is 0. The zero-order chi connectivity index (χ0) is 14.7. The number of amides is 2. The van der Waals surface area contributed by atoms with Crippen LogP contribution in [0.25, 0.3) is 0 Å². The number of rotatable bonds is 3. The molecule has 2 amide bonds. The molecule has 112 valence electrons. The smallest absolute Gasteiger partial charge is 0.410 e. The largest absolute Gasteiger partial charge is 0.445 e. The summed E-state index contributed by atoms with van der Waals surface area (Å²) in [5, 5.41) is 3.04. The summed E-state index contributed by atoms with van der Waals surface area (Å²) in [4.78, 5) is 27.1. The van der Waals surface area contributed by atoms with Crippen molar-refractivity contribution in [2.24, 2.45) is 0 Å². The summed E-state index contributed by atoms with van der Waals surface area (Å²) in [6.07, 6.45) is -0.308. The van der Waals surface area contributed by atoms with Crippen LogP contribution in [0.4, 0.5) is 4.79 Å². The minimum absolute atomic E-state index is 0.114. The summed E-state index contributed by atoms with van der Waals surface area (Å²) < 4.78 is 5.27. The average molecular weight is 289 g/mol. The molecule has 2 aliphatic heterocycles. The van der Waals surface area contributed by atoms with Crippen LogP contribution in [0.3, 0.4) is 0 Å². The third-order valence-electron chi connectivity index (χ3n) is 3.89. The van der Waals surface area contributed by atoms with Crippen molar-refractivity contribution >= 4 is 12.0 Å². The fraction of sp³-hybridized carbons (Fsp3) is 0.467. The second kappa shape index (κ2) is 6.13. The summed E-state index contributed by atoms with van der Waals surface area (Å²) in [6.45, 7) is 3.36. The standard InChI is InChI=1S/C15H19N3O3/c19-14-8-16-6-7-18(14)13-9-17(10-13)15(20)21-11-12-4-2-1-3-5-12/h1-5,13,16H,6-11H2. The van der Waals surface area contributed by atoms with E-state index in [1.807, 2.05) is 35.2 Å². The number of piperazine rings is 1. The van der Waals surface area contributed by atoms with E-state index in [0.717, 1.165) is 18.7 Å². The average Bonchev–Trinajstić information content (AvgIpc) is 2.47. The number of benzene rings is 1. The van der Waals surface area contributed by atoms with Gasteiger partial charge in [0.25, 0.3) is 0 Å². The Bertz CT molecular complexity index is 514. The second-order valence-corrected chi connectivity index (χ2v) is 5.36. The Morgan fingerprint density at radius 2 is 2.05 bits per heavy atom. The molecule has 1 N–H and O–H groups in total. The number of carbonyl (C=O) groups is 2. The fourth-order valence-corrected chi connectivity index (χ4v) is 2.62. The van der Waals surface area contributed by atoms with E-state index >= 15 is 0 Å². The molecule has 0 atom stereocenters. The van der Waals surface area contributed by atoms with Crippen LogP contribution in [-0.4, -0.2) is 60.6 Å². The first-order valence-corrected chi connectivity index (χ1v) is 7.20. The van der Waals surface area contributed by atoms with Crippen LogP contribution < -0.4 is 5.32 Å². The highest BCUT2D eigenvalue weighted by molar-refractivity contribution is 5.80. The van der Waals surface area contributed by atoms with E-state index in [-0.39, 0.29) is 24.6 Å². The monoisotopic (exact) mass is 289 g/mol. The van der Waals surface area contributed by atoms with E-state index in [4.69, 9.17) is 4.74 Å². The molecule has 0 spiro atoms. The Morgan fingerprint density at radius 3 is 2.76 bits per heavy atom. The molecule has 6 heteroatoms. The first-order valence-electron chi connectivity index (χ1n) is 7.20. The van der Waals surface area contributed by atoms with Crippen molar-refractivity contribution in [2.75, 3.05) is 32.7 Å². The molecular formula is C15H19N3O3. The highest BCUT2D eigenvalue weighted by atomic mass is 16.6. The molecule has 0 radical (unpaired) electrons. The maximum absolute atomic E-state index is 11.9. The lowest BCUT2D eigenvalue weighted by atomic mass is 10.1. The second-order valence-electron chi connectivity index (χ2n) is 5.36. The van der Waals surface area contributed by atoms with E-state index in [2.05, 4.69) is 5.32 Å². The molecule has 0 unspecified atom stereocenters. The number of carbonyl (C=O) groups excluding carboxylic acids is 2. The van der Waals surface area contributed by atoms with Crippen molar-refractivity contribution in [3.05, 3.63) is 35.9 Å². The van der Waals surface area contributed by atoms with Crippen molar-refractivity contribution in [3.8, 4) is 0 Å². The topological polar surface area (TPSA) is 61.9 Å². The van der Waals surface area contributed by atoms with Gasteiger partial charge in [0.2, 0.25) is 5.91 Å². The maximum Gasteiger partial charge on any atom is 0.410 e. The molecule has 2 saturated heterocycles. The number of hydrogen-bond acceptors (Lipinski definition) is 4. The van der Waals surface area contributed by atoms with Gasteiger partial charge in [-0.3, -0.25) is 4.79 Å². The van der Waals surface area contributed by atoms with E-state index in [1.54, 1.807) is 4.90 Å². The third-order valence-corrected chi connectivity index (χ3v) is 3.89. The maximum atomic E-state index is 11.9. The van der Waals surface area contributed by atoms with Crippen LogP contribution >= 0.6 is 0 Å². The minimum Gasteiger partial charge on any atom is -0.445 e. The summed E-state index contributed by atoms with van der Waals surface area (Å²) in [7, 11) is 0. The normalized spacial score (nSPS) is 19.3. The van der Waals surface area contributed by atoms with Gasteiger partial charge in [-0.05, 0) is 5.56 Å². The molecule has 1 aromatic rings. The quantitative estimate of drug-likeness (QED) is 0.877. The minimum atomic E-state index is -0.308. The SMILES string of the molecule is O=C(OCc1ccccc1)N1CC(N2CCNCC2=O)C1. The number of hydrogen-bond donors (Lipinski definition) is 1. The van der Waals surface area contributed by atoms with Gasteiger partial charge in [-0.2, -0.15) is 0 Å². The Kier molecular flexibility index (Phi) is 4.06. The van der Waals surface area contributed by atoms with Crippen molar-refractivity contribution < 1.29 is 14.3 Å². The summed E-state index contributed by atoms with van der Waals surface area (Å²) in [6, 6.07) is 9.74. The molecule has 2 fully saturated rings. The molecule has 0 aliphatic carbocycles. The van der Waals surface area contributed by atoms with E-state index in [0.29, 0.717) is 19.6 Å². The highest BCUT2D eigenvalue weighted by Crippen LogP contribution is 2.17. The fourth-order valence-electron chi connectivity index (χ4n) is 2.62. The van der Waals surface area contributed by atoms with Crippen LogP contribution in [0, 0.1) is 0 Å². The van der Waals surface area contributed by atoms with Gasteiger partial charge in [-0.1, -0.05) is 30.3 Å². The molecular weight excluding hydrogens is 270 g/mol. The molecule has 0 aromatic heterocycles. The Morgan fingerprint density at radius 1 is 1.29 bits per heavy atom. The number of likely N-dealkylation sites (tertiary alicyclic amines) is 1. The lowest BCUT2D eigenvalue weighted by Gasteiger charge is -2.45. The summed E-state index contributed by atoms with van der Waals surface area (Å²) in [5.41, 5.74) is 0.972. The van der Waals surface area contributed by atoms with Gasteiger partial charge in [0, 0.05) is 26.2 Å².